The first kappa shape index (κ1) is 13.2. The van der Waals surface area contributed by atoms with Gasteiger partial charge in [-0.15, -0.1) is 0 Å². The van der Waals surface area contributed by atoms with Gasteiger partial charge in [-0.25, -0.2) is 0 Å². The van der Waals surface area contributed by atoms with Crippen molar-refractivity contribution in [2.75, 3.05) is 19.7 Å². The van der Waals surface area contributed by atoms with Crippen molar-refractivity contribution in [3.05, 3.63) is 0 Å². The number of amidine groups is 1. The highest BCUT2D eigenvalue weighted by Gasteiger charge is 2.30. The molecule has 2 heterocycles. The van der Waals surface area contributed by atoms with E-state index in [1.54, 1.807) is 0 Å². The first-order valence-corrected chi connectivity index (χ1v) is 7.54. The molecule has 1 N–H and O–H groups in total. The first-order chi connectivity index (χ1) is 8.07. The summed E-state index contributed by atoms with van der Waals surface area (Å²) in [5, 5.41) is 5.25. The zero-order valence-electron chi connectivity index (χ0n) is 11.2. The number of nitrogens with zero attached hydrogens (tertiary/aromatic N) is 1. The fraction of sp³-hybridized carbons (Fsp3) is 0.923. The number of hydrogen-bond acceptors (Lipinski definition) is 4. The molecule has 0 amide bonds. The van der Waals surface area contributed by atoms with Crippen LogP contribution < -0.4 is 5.32 Å². The monoisotopic (exact) mass is 256 g/mol. The summed E-state index contributed by atoms with van der Waals surface area (Å²) < 4.78 is 5.76. The fourth-order valence-corrected chi connectivity index (χ4v) is 3.65. The van der Waals surface area contributed by atoms with Crippen LogP contribution in [0.2, 0.25) is 0 Å². The standard InChI is InChI=1S/C13H24N2OS/c1-10(2)7-11-8-14-12(17-11)15-9-13(3)5-4-6-16-13/h10-11H,4-9H2,1-3H3,(H,14,15). The Morgan fingerprint density at radius 1 is 1.59 bits per heavy atom. The summed E-state index contributed by atoms with van der Waals surface area (Å²) in [6.45, 7) is 9.53. The third kappa shape index (κ3) is 3.88. The van der Waals surface area contributed by atoms with Gasteiger partial charge in [-0.3, -0.25) is 4.99 Å². The van der Waals surface area contributed by atoms with Gasteiger partial charge < -0.3 is 10.1 Å². The van der Waals surface area contributed by atoms with Crippen LogP contribution in [0.1, 0.15) is 40.0 Å². The van der Waals surface area contributed by atoms with Gasteiger partial charge in [-0.2, -0.15) is 0 Å². The maximum Gasteiger partial charge on any atom is 0.157 e. The Bertz CT molecular complexity index is 285. The molecule has 4 heteroatoms. The summed E-state index contributed by atoms with van der Waals surface area (Å²) >= 11 is 1.90. The van der Waals surface area contributed by atoms with Crippen LogP contribution in [0.25, 0.3) is 0 Å². The molecular formula is C13H24N2OS. The van der Waals surface area contributed by atoms with Crippen molar-refractivity contribution in [1.29, 1.82) is 0 Å². The zero-order valence-corrected chi connectivity index (χ0v) is 12.0. The van der Waals surface area contributed by atoms with Gasteiger partial charge in [-0.05, 0) is 32.1 Å². The third-order valence-electron chi connectivity index (χ3n) is 3.37. The summed E-state index contributed by atoms with van der Waals surface area (Å²) in [5.74, 6) is 0.762. The molecule has 0 aromatic rings. The van der Waals surface area contributed by atoms with E-state index >= 15 is 0 Å². The van der Waals surface area contributed by atoms with E-state index in [1.165, 1.54) is 12.8 Å². The number of thioether (sulfide) groups is 1. The van der Waals surface area contributed by atoms with E-state index in [-0.39, 0.29) is 5.60 Å². The lowest BCUT2D eigenvalue weighted by Gasteiger charge is -2.23. The molecule has 1 saturated heterocycles. The Kier molecular flexibility index (Phi) is 4.36. The predicted octanol–water partition coefficient (Wildman–Crippen LogP) is 2.66. The first-order valence-electron chi connectivity index (χ1n) is 6.66. The number of nitrogens with one attached hydrogen (secondary N) is 1. The summed E-state index contributed by atoms with van der Waals surface area (Å²) in [7, 11) is 0. The van der Waals surface area contributed by atoms with Crippen molar-refractivity contribution in [3.8, 4) is 0 Å². The summed E-state index contributed by atoms with van der Waals surface area (Å²) in [4.78, 5) is 4.58. The van der Waals surface area contributed by atoms with E-state index in [2.05, 4.69) is 31.1 Å². The molecule has 0 spiro atoms. The van der Waals surface area contributed by atoms with Crippen LogP contribution in [-0.2, 0) is 4.74 Å². The minimum absolute atomic E-state index is 0.0270. The van der Waals surface area contributed by atoms with E-state index in [0.29, 0.717) is 5.25 Å². The second kappa shape index (κ2) is 5.61. The molecule has 3 nitrogen and oxygen atoms in total. The van der Waals surface area contributed by atoms with E-state index in [9.17, 15) is 0 Å². The van der Waals surface area contributed by atoms with Crippen molar-refractivity contribution in [3.63, 3.8) is 0 Å². The summed E-state index contributed by atoms with van der Waals surface area (Å²) in [6.07, 6.45) is 3.61. The number of aliphatic imine (C=N–C) groups is 1. The van der Waals surface area contributed by atoms with E-state index in [0.717, 1.165) is 37.2 Å². The Morgan fingerprint density at radius 3 is 3.06 bits per heavy atom. The van der Waals surface area contributed by atoms with Crippen LogP contribution in [0.5, 0.6) is 0 Å². The maximum atomic E-state index is 5.76. The van der Waals surface area contributed by atoms with Gasteiger partial charge in [0, 0.05) is 18.4 Å². The SMILES string of the molecule is CC(C)CC1CN=C(NCC2(C)CCCO2)S1. The smallest absolute Gasteiger partial charge is 0.157 e. The second-order valence-electron chi connectivity index (χ2n) is 5.77. The van der Waals surface area contributed by atoms with Crippen molar-refractivity contribution < 1.29 is 4.74 Å². The number of hydrogen-bond donors (Lipinski definition) is 1. The van der Waals surface area contributed by atoms with Gasteiger partial charge in [0.2, 0.25) is 0 Å². The fourth-order valence-electron chi connectivity index (χ4n) is 2.40. The quantitative estimate of drug-likeness (QED) is 0.839. The lowest BCUT2D eigenvalue weighted by Crippen LogP contribution is -2.38. The average molecular weight is 256 g/mol. The average Bonchev–Trinajstić information content (AvgIpc) is 2.85. The molecule has 0 aromatic carbocycles. The Hall–Kier alpha value is -0.220. The Balaban J connectivity index is 1.71. The van der Waals surface area contributed by atoms with E-state index in [1.807, 2.05) is 11.8 Å². The van der Waals surface area contributed by atoms with Gasteiger partial charge >= 0.3 is 0 Å². The van der Waals surface area contributed by atoms with Crippen molar-refractivity contribution >= 4 is 16.9 Å². The number of rotatable bonds is 4. The maximum absolute atomic E-state index is 5.76. The molecule has 0 saturated carbocycles. The van der Waals surface area contributed by atoms with Crippen LogP contribution >= 0.6 is 11.8 Å². The van der Waals surface area contributed by atoms with Crippen LogP contribution in [0.15, 0.2) is 4.99 Å². The highest BCUT2D eigenvalue weighted by Crippen LogP contribution is 2.27. The van der Waals surface area contributed by atoms with Crippen molar-refractivity contribution in [1.82, 2.24) is 5.32 Å². The van der Waals surface area contributed by atoms with Crippen LogP contribution in [0.3, 0.4) is 0 Å². The molecule has 0 aromatic heterocycles. The lowest BCUT2D eigenvalue weighted by atomic mass is 10.0. The molecule has 2 unspecified atom stereocenters. The van der Waals surface area contributed by atoms with Gasteiger partial charge in [0.05, 0.1) is 12.1 Å². The molecule has 98 valence electrons. The second-order valence-corrected chi connectivity index (χ2v) is 7.06. The van der Waals surface area contributed by atoms with E-state index in [4.69, 9.17) is 4.74 Å². The molecule has 2 aliphatic heterocycles. The van der Waals surface area contributed by atoms with Crippen LogP contribution in [0, 0.1) is 5.92 Å². The molecule has 0 aliphatic carbocycles. The van der Waals surface area contributed by atoms with Gasteiger partial charge in [0.1, 0.15) is 0 Å². The van der Waals surface area contributed by atoms with Crippen molar-refractivity contribution in [2.45, 2.75) is 50.9 Å². The predicted molar refractivity (Wildman–Crippen MR) is 74.7 cm³/mol. The molecule has 2 rings (SSSR count). The minimum atomic E-state index is 0.0270. The Morgan fingerprint density at radius 2 is 2.41 bits per heavy atom. The largest absolute Gasteiger partial charge is 0.373 e. The molecule has 0 radical (unpaired) electrons. The van der Waals surface area contributed by atoms with Crippen LogP contribution in [-0.4, -0.2) is 35.7 Å². The van der Waals surface area contributed by atoms with Gasteiger partial charge in [0.25, 0.3) is 0 Å². The minimum Gasteiger partial charge on any atom is -0.373 e. The summed E-state index contributed by atoms with van der Waals surface area (Å²) in [5.41, 5.74) is 0.0270. The molecule has 17 heavy (non-hydrogen) atoms. The molecule has 1 fully saturated rings. The highest BCUT2D eigenvalue weighted by atomic mass is 32.2. The van der Waals surface area contributed by atoms with E-state index < -0.39 is 0 Å². The van der Waals surface area contributed by atoms with Crippen LogP contribution in [0.4, 0.5) is 0 Å². The topological polar surface area (TPSA) is 33.6 Å². The molecule has 2 atom stereocenters. The molecule has 0 bridgehead atoms. The number of ether oxygens (including phenoxy) is 1. The highest BCUT2D eigenvalue weighted by molar-refractivity contribution is 8.14. The van der Waals surface area contributed by atoms with Crippen molar-refractivity contribution in [2.24, 2.45) is 10.9 Å². The summed E-state index contributed by atoms with van der Waals surface area (Å²) in [6, 6.07) is 0. The normalized spacial score (nSPS) is 33.2. The molecule has 2 aliphatic rings. The third-order valence-corrected chi connectivity index (χ3v) is 4.54. The lowest BCUT2D eigenvalue weighted by molar-refractivity contribution is 0.0246. The Labute approximate surface area is 109 Å². The van der Waals surface area contributed by atoms with Gasteiger partial charge in [0.15, 0.2) is 5.17 Å². The molecular weight excluding hydrogens is 232 g/mol. The zero-order chi connectivity index (χ0) is 12.3. The van der Waals surface area contributed by atoms with Gasteiger partial charge in [-0.1, -0.05) is 25.6 Å².